The third-order valence-corrected chi connectivity index (χ3v) is 3.13. The molecule has 0 bridgehead atoms. The van der Waals surface area contributed by atoms with Gasteiger partial charge in [-0.25, -0.2) is 4.79 Å². The van der Waals surface area contributed by atoms with Crippen LogP contribution in [0, 0.1) is 6.92 Å². The normalized spacial score (nSPS) is 10.3. The summed E-state index contributed by atoms with van der Waals surface area (Å²) < 4.78 is 4.79. The molecule has 0 saturated carbocycles. The van der Waals surface area contributed by atoms with Crippen LogP contribution < -0.4 is 10.6 Å². The lowest BCUT2D eigenvalue weighted by atomic mass is 10.1. The smallest absolute Gasteiger partial charge is 0.340 e. The molecule has 0 saturated heterocycles. The number of anilines is 2. The molecule has 0 heterocycles. The Bertz CT molecular complexity index is 438. The van der Waals surface area contributed by atoms with Gasteiger partial charge in [0.2, 0.25) is 0 Å². The summed E-state index contributed by atoms with van der Waals surface area (Å²) in [5, 5.41) is 0. The molecule has 19 heavy (non-hydrogen) atoms. The van der Waals surface area contributed by atoms with E-state index in [1.807, 2.05) is 19.1 Å². The van der Waals surface area contributed by atoms with Crippen LogP contribution in [-0.4, -0.2) is 26.2 Å². The molecule has 0 fully saturated rings. The second-order valence-corrected chi connectivity index (χ2v) is 4.70. The van der Waals surface area contributed by atoms with E-state index in [0.29, 0.717) is 11.3 Å². The van der Waals surface area contributed by atoms with Gasteiger partial charge in [-0.2, -0.15) is 0 Å². The zero-order valence-electron chi connectivity index (χ0n) is 12.3. The number of carbonyl (C=O) groups excluding carboxylic acids is 1. The zero-order chi connectivity index (χ0) is 14.4. The SMILES string of the molecule is CCCN(CCC)c1cc(C)c(N)c(C(=O)OC)c1. The first-order valence-corrected chi connectivity index (χ1v) is 6.78. The quantitative estimate of drug-likeness (QED) is 0.634. The first-order valence-electron chi connectivity index (χ1n) is 6.78. The van der Waals surface area contributed by atoms with Crippen molar-refractivity contribution in [2.24, 2.45) is 0 Å². The number of nitrogen functional groups attached to an aromatic ring is 1. The van der Waals surface area contributed by atoms with Gasteiger partial charge in [0.15, 0.2) is 0 Å². The van der Waals surface area contributed by atoms with Gasteiger partial charge in [-0.3, -0.25) is 0 Å². The van der Waals surface area contributed by atoms with Gasteiger partial charge in [0.1, 0.15) is 0 Å². The summed E-state index contributed by atoms with van der Waals surface area (Å²) in [5.74, 6) is -0.379. The molecule has 0 aliphatic rings. The molecule has 0 amide bonds. The highest BCUT2D eigenvalue weighted by Gasteiger charge is 2.15. The van der Waals surface area contributed by atoms with Gasteiger partial charge in [0.25, 0.3) is 0 Å². The summed E-state index contributed by atoms with van der Waals surface area (Å²) >= 11 is 0. The standard InChI is InChI=1S/C15H24N2O2/c1-5-7-17(8-6-2)12-9-11(3)14(16)13(10-12)15(18)19-4/h9-10H,5-8,16H2,1-4H3. The number of nitrogens with zero attached hydrogens (tertiary/aromatic N) is 1. The maximum atomic E-state index is 11.8. The summed E-state index contributed by atoms with van der Waals surface area (Å²) in [4.78, 5) is 14.0. The molecule has 0 aliphatic carbocycles. The average molecular weight is 264 g/mol. The van der Waals surface area contributed by atoms with Crippen LogP contribution in [0.15, 0.2) is 12.1 Å². The molecule has 0 aliphatic heterocycles. The Labute approximate surface area is 115 Å². The predicted octanol–water partition coefficient (Wildman–Crippen LogP) is 2.99. The highest BCUT2D eigenvalue weighted by Crippen LogP contribution is 2.26. The molecule has 106 valence electrons. The number of methoxy groups -OCH3 is 1. The molecular weight excluding hydrogens is 240 g/mol. The highest BCUT2D eigenvalue weighted by molar-refractivity contribution is 5.97. The second kappa shape index (κ2) is 7.02. The highest BCUT2D eigenvalue weighted by atomic mass is 16.5. The van der Waals surface area contributed by atoms with Crippen molar-refractivity contribution in [1.82, 2.24) is 0 Å². The lowest BCUT2D eigenvalue weighted by Gasteiger charge is -2.25. The van der Waals surface area contributed by atoms with Crippen molar-refractivity contribution in [2.45, 2.75) is 33.6 Å². The van der Waals surface area contributed by atoms with Crippen molar-refractivity contribution < 1.29 is 9.53 Å². The molecular formula is C15H24N2O2. The molecule has 4 heteroatoms. The summed E-state index contributed by atoms with van der Waals surface area (Å²) in [6.45, 7) is 8.15. The number of carbonyl (C=O) groups is 1. The van der Waals surface area contributed by atoms with E-state index in [2.05, 4.69) is 18.7 Å². The van der Waals surface area contributed by atoms with E-state index < -0.39 is 0 Å². The number of aryl methyl sites for hydroxylation is 1. The minimum Gasteiger partial charge on any atom is -0.465 e. The fourth-order valence-corrected chi connectivity index (χ4v) is 2.15. The van der Waals surface area contributed by atoms with E-state index in [4.69, 9.17) is 10.5 Å². The van der Waals surface area contributed by atoms with E-state index in [1.165, 1.54) is 7.11 Å². The number of hydrogen-bond donors (Lipinski definition) is 1. The Morgan fingerprint density at radius 2 is 1.84 bits per heavy atom. The van der Waals surface area contributed by atoms with Crippen LogP contribution in [0.5, 0.6) is 0 Å². The van der Waals surface area contributed by atoms with Crippen LogP contribution in [0.4, 0.5) is 11.4 Å². The minimum absolute atomic E-state index is 0.379. The van der Waals surface area contributed by atoms with Crippen LogP contribution in [-0.2, 0) is 4.74 Å². The van der Waals surface area contributed by atoms with E-state index in [1.54, 1.807) is 0 Å². The third kappa shape index (κ3) is 3.63. The zero-order valence-corrected chi connectivity index (χ0v) is 12.3. The number of rotatable bonds is 6. The van der Waals surface area contributed by atoms with Gasteiger partial charge in [-0.05, 0) is 37.5 Å². The predicted molar refractivity (Wildman–Crippen MR) is 79.7 cm³/mol. The fraction of sp³-hybridized carbons (Fsp3) is 0.533. The maximum Gasteiger partial charge on any atom is 0.340 e. The number of nitrogens with two attached hydrogens (primary N) is 1. The molecule has 0 aromatic heterocycles. The first-order chi connectivity index (χ1) is 9.04. The first kappa shape index (κ1) is 15.3. The van der Waals surface area contributed by atoms with Crippen molar-refractivity contribution in [1.29, 1.82) is 0 Å². The van der Waals surface area contributed by atoms with Crippen molar-refractivity contribution in [2.75, 3.05) is 30.8 Å². The summed E-state index contributed by atoms with van der Waals surface area (Å²) in [6.07, 6.45) is 2.13. The molecule has 0 radical (unpaired) electrons. The van der Waals surface area contributed by atoms with Gasteiger partial charge in [-0.15, -0.1) is 0 Å². The van der Waals surface area contributed by atoms with Crippen LogP contribution in [0.1, 0.15) is 42.6 Å². The van der Waals surface area contributed by atoms with Crippen LogP contribution in [0.25, 0.3) is 0 Å². The van der Waals surface area contributed by atoms with Crippen LogP contribution in [0.3, 0.4) is 0 Å². The minimum atomic E-state index is -0.379. The number of benzene rings is 1. The third-order valence-electron chi connectivity index (χ3n) is 3.13. The number of esters is 1. The Hall–Kier alpha value is -1.71. The van der Waals surface area contributed by atoms with Crippen molar-refractivity contribution in [3.05, 3.63) is 23.3 Å². The van der Waals surface area contributed by atoms with E-state index in [0.717, 1.165) is 37.2 Å². The number of hydrogen-bond acceptors (Lipinski definition) is 4. The Kier molecular flexibility index (Phi) is 5.67. The summed E-state index contributed by atoms with van der Waals surface area (Å²) in [6, 6.07) is 3.87. The molecule has 4 nitrogen and oxygen atoms in total. The Morgan fingerprint density at radius 1 is 1.26 bits per heavy atom. The van der Waals surface area contributed by atoms with Crippen LogP contribution >= 0.6 is 0 Å². The molecule has 0 atom stereocenters. The monoisotopic (exact) mass is 264 g/mol. The van der Waals surface area contributed by atoms with E-state index in [-0.39, 0.29) is 5.97 Å². The fourth-order valence-electron chi connectivity index (χ4n) is 2.15. The molecule has 0 spiro atoms. The van der Waals surface area contributed by atoms with Gasteiger partial charge in [0, 0.05) is 24.5 Å². The molecule has 2 N–H and O–H groups in total. The summed E-state index contributed by atoms with van der Waals surface area (Å²) in [7, 11) is 1.37. The van der Waals surface area contributed by atoms with E-state index >= 15 is 0 Å². The molecule has 0 unspecified atom stereocenters. The van der Waals surface area contributed by atoms with Gasteiger partial charge >= 0.3 is 5.97 Å². The van der Waals surface area contributed by atoms with Crippen molar-refractivity contribution in [3.63, 3.8) is 0 Å². The molecule has 1 aromatic carbocycles. The van der Waals surface area contributed by atoms with Gasteiger partial charge < -0.3 is 15.4 Å². The molecule has 1 aromatic rings. The molecule has 1 rings (SSSR count). The number of ether oxygens (including phenoxy) is 1. The second-order valence-electron chi connectivity index (χ2n) is 4.70. The van der Waals surface area contributed by atoms with Crippen molar-refractivity contribution >= 4 is 17.3 Å². The average Bonchev–Trinajstić information content (AvgIpc) is 2.40. The van der Waals surface area contributed by atoms with Crippen LogP contribution in [0.2, 0.25) is 0 Å². The Balaban J connectivity index is 3.20. The Morgan fingerprint density at radius 3 is 2.32 bits per heavy atom. The largest absolute Gasteiger partial charge is 0.465 e. The van der Waals surface area contributed by atoms with Crippen molar-refractivity contribution in [3.8, 4) is 0 Å². The van der Waals surface area contributed by atoms with Gasteiger partial charge in [0.05, 0.1) is 12.7 Å². The van der Waals surface area contributed by atoms with E-state index in [9.17, 15) is 4.79 Å². The topological polar surface area (TPSA) is 55.6 Å². The van der Waals surface area contributed by atoms with Gasteiger partial charge in [-0.1, -0.05) is 13.8 Å². The lowest BCUT2D eigenvalue weighted by Crippen LogP contribution is -2.25. The lowest BCUT2D eigenvalue weighted by molar-refractivity contribution is 0.0602. The maximum absolute atomic E-state index is 11.8. The summed E-state index contributed by atoms with van der Waals surface area (Å²) in [5.41, 5.74) is 8.86.